The smallest absolute Gasteiger partial charge is 0.310 e. The van der Waals surface area contributed by atoms with Crippen molar-refractivity contribution < 1.29 is 15.0 Å². The number of phenols is 1. The van der Waals surface area contributed by atoms with Crippen molar-refractivity contribution >= 4 is 21.9 Å². The molecular weight excluding hydrogens is 260 g/mol. The molecule has 2 N–H and O–H groups in total. The van der Waals surface area contributed by atoms with Crippen LogP contribution in [-0.2, 0) is 4.79 Å². The molecular formula is C11H13BrO3. The summed E-state index contributed by atoms with van der Waals surface area (Å²) in [5.74, 6) is -1.63. The van der Waals surface area contributed by atoms with E-state index in [0.29, 0.717) is 10.0 Å². The van der Waals surface area contributed by atoms with Gasteiger partial charge in [-0.25, -0.2) is 0 Å². The van der Waals surface area contributed by atoms with Gasteiger partial charge in [0, 0.05) is 5.56 Å². The number of aromatic hydroxyl groups is 1. The lowest BCUT2D eigenvalue weighted by atomic mass is 9.96. The SMILES string of the molecule is Cc1cc(C(C)C(=O)O)c(O)c(Br)c1C. The molecule has 1 atom stereocenters. The van der Waals surface area contributed by atoms with E-state index in [0.717, 1.165) is 11.1 Å². The number of benzene rings is 1. The highest BCUT2D eigenvalue weighted by Gasteiger charge is 2.20. The van der Waals surface area contributed by atoms with Crippen molar-refractivity contribution in [2.75, 3.05) is 0 Å². The van der Waals surface area contributed by atoms with Crippen LogP contribution in [0.5, 0.6) is 5.75 Å². The van der Waals surface area contributed by atoms with E-state index in [-0.39, 0.29) is 5.75 Å². The number of aryl methyl sites for hydroxylation is 1. The Bertz CT molecular complexity index is 413. The van der Waals surface area contributed by atoms with E-state index >= 15 is 0 Å². The predicted molar refractivity (Wildman–Crippen MR) is 61.3 cm³/mol. The Balaban J connectivity index is 3.38. The lowest BCUT2D eigenvalue weighted by Gasteiger charge is -2.14. The molecule has 1 aromatic carbocycles. The number of halogens is 1. The minimum atomic E-state index is -0.944. The van der Waals surface area contributed by atoms with E-state index in [2.05, 4.69) is 15.9 Å². The molecule has 3 nitrogen and oxygen atoms in total. The third-order valence-electron chi connectivity index (χ3n) is 2.61. The lowest BCUT2D eigenvalue weighted by molar-refractivity contribution is -0.138. The number of rotatable bonds is 2. The van der Waals surface area contributed by atoms with Gasteiger partial charge >= 0.3 is 5.97 Å². The molecule has 1 rings (SSSR count). The van der Waals surface area contributed by atoms with Crippen LogP contribution in [0.25, 0.3) is 0 Å². The van der Waals surface area contributed by atoms with Crippen LogP contribution in [0.1, 0.15) is 29.5 Å². The Morgan fingerprint density at radius 3 is 2.47 bits per heavy atom. The van der Waals surface area contributed by atoms with E-state index in [4.69, 9.17) is 5.11 Å². The highest BCUT2D eigenvalue weighted by molar-refractivity contribution is 9.10. The topological polar surface area (TPSA) is 57.5 Å². The van der Waals surface area contributed by atoms with Crippen molar-refractivity contribution in [3.63, 3.8) is 0 Å². The molecule has 0 aromatic heterocycles. The predicted octanol–water partition coefficient (Wildman–Crippen LogP) is 2.96. The minimum absolute atomic E-state index is 0.0213. The summed E-state index contributed by atoms with van der Waals surface area (Å²) >= 11 is 3.26. The van der Waals surface area contributed by atoms with Crippen LogP contribution in [-0.4, -0.2) is 16.2 Å². The number of aliphatic carboxylic acids is 1. The van der Waals surface area contributed by atoms with Crippen molar-refractivity contribution in [3.05, 3.63) is 27.2 Å². The van der Waals surface area contributed by atoms with E-state index in [9.17, 15) is 9.90 Å². The van der Waals surface area contributed by atoms with Crippen LogP contribution in [0.15, 0.2) is 10.5 Å². The molecule has 1 unspecified atom stereocenters. The van der Waals surface area contributed by atoms with E-state index < -0.39 is 11.9 Å². The van der Waals surface area contributed by atoms with Gasteiger partial charge < -0.3 is 10.2 Å². The standard InChI is InChI=1S/C11H13BrO3/c1-5-4-8(7(3)11(14)15)10(13)9(12)6(5)2/h4,7,13H,1-3H3,(H,14,15). The molecule has 0 aliphatic rings. The van der Waals surface area contributed by atoms with E-state index in [1.54, 1.807) is 13.0 Å². The maximum Gasteiger partial charge on any atom is 0.310 e. The first-order valence-electron chi connectivity index (χ1n) is 4.57. The zero-order valence-electron chi connectivity index (χ0n) is 8.84. The Morgan fingerprint density at radius 2 is 2.00 bits per heavy atom. The van der Waals surface area contributed by atoms with Crippen molar-refractivity contribution in [2.24, 2.45) is 0 Å². The Kier molecular flexibility index (Phi) is 3.39. The molecule has 0 saturated heterocycles. The molecule has 0 heterocycles. The summed E-state index contributed by atoms with van der Waals surface area (Å²) in [6, 6.07) is 1.72. The maximum atomic E-state index is 10.8. The van der Waals surface area contributed by atoms with Gasteiger partial charge in [0.2, 0.25) is 0 Å². The van der Waals surface area contributed by atoms with Gasteiger partial charge in [0.15, 0.2) is 0 Å². The molecule has 1 aromatic rings. The quantitative estimate of drug-likeness (QED) is 0.870. The molecule has 0 amide bonds. The average molecular weight is 273 g/mol. The van der Waals surface area contributed by atoms with Gasteiger partial charge in [-0.1, -0.05) is 6.07 Å². The van der Waals surface area contributed by atoms with Crippen LogP contribution in [0.4, 0.5) is 0 Å². The highest BCUT2D eigenvalue weighted by atomic mass is 79.9. The summed E-state index contributed by atoms with van der Waals surface area (Å²) in [6.45, 7) is 5.31. The molecule has 4 heteroatoms. The van der Waals surface area contributed by atoms with Crippen LogP contribution >= 0.6 is 15.9 Å². The molecule has 0 bridgehead atoms. The average Bonchev–Trinajstić information content (AvgIpc) is 2.19. The number of carbonyl (C=O) groups is 1. The zero-order chi connectivity index (χ0) is 11.7. The number of carboxylic acids is 1. The summed E-state index contributed by atoms with van der Waals surface area (Å²) in [5, 5.41) is 18.7. The van der Waals surface area contributed by atoms with Crippen molar-refractivity contribution in [3.8, 4) is 5.75 Å². The fourth-order valence-electron chi connectivity index (χ4n) is 1.35. The van der Waals surface area contributed by atoms with Crippen molar-refractivity contribution in [1.82, 2.24) is 0 Å². The molecule has 0 radical (unpaired) electrons. The van der Waals surface area contributed by atoms with Gasteiger partial charge in [0.25, 0.3) is 0 Å². The van der Waals surface area contributed by atoms with Crippen molar-refractivity contribution in [1.29, 1.82) is 0 Å². The Labute approximate surface area is 96.9 Å². The maximum absolute atomic E-state index is 10.8. The second-order valence-corrected chi connectivity index (χ2v) is 4.42. The summed E-state index contributed by atoms with van der Waals surface area (Å²) in [6.07, 6.45) is 0. The van der Waals surface area contributed by atoms with E-state index in [1.165, 1.54) is 0 Å². The summed E-state index contributed by atoms with van der Waals surface area (Å²) in [4.78, 5) is 10.8. The van der Waals surface area contributed by atoms with E-state index in [1.807, 2.05) is 13.8 Å². The fourth-order valence-corrected chi connectivity index (χ4v) is 1.89. The monoisotopic (exact) mass is 272 g/mol. The highest BCUT2D eigenvalue weighted by Crippen LogP contribution is 2.37. The Hall–Kier alpha value is -1.03. The first kappa shape index (κ1) is 12.0. The van der Waals surface area contributed by atoms with Gasteiger partial charge in [0.05, 0.1) is 10.4 Å². The summed E-state index contributed by atoms with van der Waals surface area (Å²) in [5.41, 5.74) is 2.33. The van der Waals surface area contributed by atoms with Gasteiger partial charge in [-0.15, -0.1) is 0 Å². The number of carboxylic acid groups (broad SMARTS) is 1. The van der Waals surface area contributed by atoms with Gasteiger partial charge in [-0.2, -0.15) is 0 Å². The first-order valence-corrected chi connectivity index (χ1v) is 5.37. The van der Waals surface area contributed by atoms with Gasteiger partial charge in [0.1, 0.15) is 5.75 Å². The summed E-state index contributed by atoms with van der Waals surface area (Å²) < 4.78 is 0.575. The van der Waals surface area contributed by atoms with Crippen LogP contribution in [0.3, 0.4) is 0 Å². The number of phenolic OH excluding ortho intramolecular Hbond substituents is 1. The molecule has 0 saturated carbocycles. The number of hydrogen-bond donors (Lipinski definition) is 2. The fraction of sp³-hybridized carbons (Fsp3) is 0.364. The molecule has 15 heavy (non-hydrogen) atoms. The Morgan fingerprint density at radius 1 is 1.47 bits per heavy atom. The lowest BCUT2D eigenvalue weighted by Crippen LogP contribution is -2.08. The second-order valence-electron chi connectivity index (χ2n) is 3.63. The van der Waals surface area contributed by atoms with Gasteiger partial charge in [-0.05, 0) is 47.8 Å². The zero-order valence-corrected chi connectivity index (χ0v) is 10.4. The third kappa shape index (κ3) is 2.15. The molecule has 0 fully saturated rings. The summed E-state index contributed by atoms with van der Waals surface area (Å²) in [7, 11) is 0. The second kappa shape index (κ2) is 4.23. The molecule has 0 aliphatic carbocycles. The van der Waals surface area contributed by atoms with Crippen LogP contribution < -0.4 is 0 Å². The number of hydrogen-bond acceptors (Lipinski definition) is 2. The minimum Gasteiger partial charge on any atom is -0.506 e. The van der Waals surface area contributed by atoms with Crippen LogP contribution in [0.2, 0.25) is 0 Å². The largest absolute Gasteiger partial charge is 0.506 e. The first-order chi connectivity index (χ1) is 6.86. The third-order valence-corrected chi connectivity index (χ3v) is 3.58. The van der Waals surface area contributed by atoms with Crippen LogP contribution in [0, 0.1) is 13.8 Å². The molecule has 82 valence electrons. The van der Waals surface area contributed by atoms with Crippen molar-refractivity contribution in [2.45, 2.75) is 26.7 Å². The molecule has 0 spiro atoms. The molecule has 0 aliphatic heterocycles. The van der Waals surface area contributed by atoms with Gasteiger partial charge in [-0.3, -0.25) is 4.79 Å². The normalized spacial score (nSPS) is 12.5.